The lowest BCUT2D eigenvalue weighted by molar-refractivity contribution is -0.123. The van der Waals surface area contributed by atoms with E-state index in [4.69, 9.17) is 11.6 Å². The van der Waals surface area contributed by atoms with Crippen molar-refractivity contribution >= 4 is 23.4 Å². The maximum Gasteiger partial charge on any atom is 0.257 e. The summed E-state index contributed by atoms with van der Waals surface area (Å²) in [6.07, 6.45) is 0. The fourth-order valence-electron chi connectivity index (χ4n) is 2.53. The van der Waals surface area contributed by atoms with Crippen LogP contribution in [0.5, 0.6) is 5.75 Å². The molecule has 7 heteroatoms. The van der Waals surface area contributed by atoms with Crippen LogP contribution >= 0.6 is 11.6 Å². The highest BCUT2D eigenvalue weighted by Gasteiger charge is 2.25. The quantitative estimate of drug-likeness (QED) is 0.868. The van der Waals surface area contributed by atoms with Crippen LogP contribution in [0.4, 0.5) is 0 Å². The number of hydrogen-bond donors (Lipinski definition) is 2. The Morgan fingerprint density at radius 3 is 2.52 bits per heavy atom. The number of carbonyl (C=O) groups excluding carboxylic acids is 2. The molecule has 1 aliphatic rings. The first-order valence-corrected chi connectivity index (χ1v) is 8.04. The van der Waals surface area contributed by atoms with Crippen molar-refractivity contribution in [3.05, 3.63) is 28.8 Å². The van der Waals surface area contributed by atoms with E-state index in [1.54, 1.807) is 11.0 Å². The lowest BCUT2D eigenvalue weighted by Crippen LogP contribution is -2.51. The SMILES string of the molecule is CC(C)NC(=O)CN1CCN(C(=O)c2cc(Cl)ccc2O)CC1. The molecule has 0 bridgehead atoms. The number of phenols is 1. The van der Waals surface area contributed by atoms with Gasteiger partial charge in [-0.1, -0.05) is 11.6 Å². The number of aromatic hydroxyl groups is 1. The zero-order valence-electron chi connectivity index (χ0n) is 13.4. The number of nitrogens with zero attached hydrogens (tertiary/aromatic N) is 2. The molecular formula is C16H22ClN3O3. The fraction of sp³-hybridized carbons (Fsp3) is 0.500. The molecule has 0 aliphatic carbocycles. The van der Waals surface area contributed by atoms with Gasteiger partial charge < -0.3 is 15.3 Å². The van der Waals surface area contributed by atoms with Gasteiger partial charge in [0.1, 0.15) is 5.75 Å². The Kier molecular flexibility index (Phi) is 5.85. The summed E-state index contributed by atoms with van der Waals surface area (Å²) >= 11 is 5.89. The molecule has 23 heavy (non-hydrogen) atoms. The smallest absolute Gasteiger partial charge is 0.257 e. The molecule has 6 nitrogen and oxygen atoms in total. The average Bonchev–Trinajstić information content (AvgIpc) is 2.49. The molecule has 0 spiro atoms. The minimum atomic E-state index is -0.240. The van der Waals surface area contributed by atoms with Crippen molar-refractivity contribution in [2.75, 3.05) is 32.7 Å². The van der Waals surface area contributed by atoms with E-state index in [-0.39, 0.29) is 29.2 Å². The molecule has 126 valence electrons. The predicted octanol–water partition coefficient (Wildman–Crippen LogP) is 1.33. The number of phenolic OH excluding ortho intramolecular Hbond substituents is 1. The van der Waals surface area contributed by atoms with Crippen molar-refractivity contribution in [1.29, 1.82) is 0 Å². The average molecular weight is 340 g/mol. The summed E-state index contributed by atoms with van der Waals surface area (Å²) < 4.78 is 0. The van der Waals surface area contributed by atoms with Crippen LogP contribution in [0.15, 0.2) is 18.2 Å². The monoisotopic (exact) mass is 339 g/mol. The molecule has 0 atom stereocenters. The molecule has 1 aliphatic heterocycles. The van der Waals surface area contributed by atoms with Crippen molar-refractivity contribution < 1.29 is 14.7 Å². The second-order valence-corrected chi connectivity index (χ2v) is 6.39. The molecule has 1 fully saturated rings. The molecule has 0 saturated carbocycles. The highest BCUT2D eigenvalue weighted by atomic mass is 35.5. The van der Waals surface area contributed by atoms with Gasteiger partial charge in [-0.2, -0.15) is 0 Å². The van der Waals surface area contributed by atoms with Crippen molar-refractivity contribution in [2.45, 2.75) is 19.9 Å². The van der Waals surface area contributed by atoms with Crippen LogP contribution in [0.1, 0.15) is 24.2 Å². The third kappa shape index (κ3) is 4.84. The van der Waals surface area contributed by atoms with Crippen molar-refractivity contribution in [3.63, 3.8) is 0 Å². The van der Waals surface area contributed by atoms with Gasteiger partial charge in [0.25, 0.3) is 5.91 Å². The molecule has 0 unspecified atom stereocenters. The highest BCUT2D eigenvalue weighted by Crippen LogP contribution is 2.23. The third-order valence-corrected chi connectivity index (χ3v) is 3.90. The highest BCUT2D eigenvalue weighted by molar-refractivity contribution is 6.31. The van der Waals surface area contributed by atoms with Crippen LogP contribution in [0.2, 0.25) is 5.02 Å². The summed E-state index contributed by atoms with van der Waals surface area (Å²) in [5, 5.41) is 13.1. The Morgan fingerprint density at radius 2 is 1.91 bits per heavy atom. The molecule has 2 amide bonds. The number of hydrogen-bond acceptors (Lipinski definition) is 4. The molecule has 2 rings (SSSR count). The molecule has 1 heterocycles. The fourth-order valence-corrected chi connectivity index (χ4v) is 2.70. The minimum absolute atomic E-state index is 0.00716. The molecule has 0 aromatic heterocycles. The third-order valence-electron chi connectivity index (χ3n) is 3.67. The van der Waals surface area contributed by atoms with Gasteiger partial charge in [-0.05, 0) is 32.0 Å². The van der Waals surface area contributed by atoms with Crippen molar-refractivity contribution in [1.82, 2.24) is 15.1 Å². The maximum atomic E-state index is 12.5. The van der Waals surface area contributed by atoms with E-state index in [2.05, 4.69) is 5.32 Å². The lowest BCUT2D eigenvalue weighted by Gasteiger charge is -2.34. The van der Waals surface area contributed by atoms with Crippen LogP contribution in [0, 0.1) is 0 Å². The number of nitrogens with one attached hydrogen (secondary N) is 1. The predicted molar refractivity (Wildman–Crippen MR) is 88.7 cm³/mol. The normalized spacial score (nSPS) is 15.7. The van der Waals surface area contributed by atoms with E-state index < -0.39 is 0 Å². The second-order valence-electron chi connectivity index (χ2n) is 5.95. The Morgan fingerprint density at radius 1 is 1.26 bits per heavy atom. The van der Waals surface area contributed by atoms with Gasteiger partial charge in [0, 0.05) is 37.2 Å². The van der Waals surface area contributed by atoms with Gasteiger partial charge >= 0.3 is 0 Å². The zero-order chi connectivity index (χ0) is 17.0. The Labute approximate surface area is 141 Å². The number of benzene rings is 1. The van der Waals surface area contributed by atoms with Crippen LogP contribution in [0.3, 0.4) is 0 Å². The van der Waals surface area contributed by atoms with Crippen LogP contribution in [-0.2, 0) is 4.79 Å². The first-order valence-electron chi connectivity index (χ1n) is 7.66. The Bertz CT molecular complexity index is 584. The lowest BCUT2D eigenvalue weighted by atomic mass is 10.1. The van der Waals surface area contributed by atoms with Crippen molar-refractivity contribution in [3.8, 4) is 5.75 Å². The summed E-state index contributed by atoms with van der Waals surface area (Å²) in [6, 6.07) is 4.55. The van der Waals surface area contributed by atoms with Crippen molar-refractivity contribution in [2.24, 2.45) is 0 Å². The minimum Gasteiger partial charge on any atom is -0.507 e. The number of rotatable bonds is 4. The molecule has 1 saturated heterocycles. The number of piperazine rings is 1. The first-order chi connectivity index (χ1) is 10.9. The molecule has 1 aromatic carbocycles. The first kappa shape index (κ1) is 17.6. The van der Waals surface area contributed by atoms with E-state index in [0.29, 0.717) is 37.7 Å². The Balaban J connectivity index is 1.90. The van der Waals surface area contributed by atoms with E-state index in [1.807, 2.05) is 18.7 Å². The molecule has 2 N–H and O–H groups in total. The van der Waals surface area contributed by atoms with Gasteiger partial charge in [0.05, 0.1) is 12.1 Å². The van der Waals surface area contributed by atoms with Gasteiger partial charge in [0.15, 0.2) is 0 Å². The summed E-state index contributed by atoms with van der Waals surface area (Å²) in [7, 11) is 0. The van der Waals surface area contributed by atoms with Gasteiger partial charge in [-0.15, -0.1) is 0 Å². The molecular weight excluding hydrogens is 318 g/mol. The van der Waals surface area contributed by atoms with E-state index in [0.717, 1.165) is 0 Å². The second kappa shape index (κ2) is 7.66. The topological polar surface area (TPSA) is 72.9 Å². The Hall–Kier alpha value is -1.79. The largest absolute Gasteiger partial charge is 0.507 e. The zero-order valence-corrected chi connectivity index (χ0v) is 14.1. The number of amides is 2. The summed E-state index contributed by atoms with van der Waals surface area (Å²) in [6.45, 7) is 6.46. The van der Waals surface area contributed by atoms with E-state index >= 15 is 0 Å². The molecule has 1 aromatic rings. The number of carbonyl (C=O) groups is 2. The van der Waals surface area contributed by atoms with E-state index in [1.165, 1.54) is 12.1 Å². The van der Waals surface area contributed by atoms with E-state index in [9.17, 15) is 14.7 Å². The standard InChI is InChI=1S/C16H22ClN3O3/c1-11(2)18-15(22)10-19-5-7-20(8-6-19)16(23)13-9-12(17)3-4-14(13)21/h3-4,9,11,21H,5-8,10H2,1-2H3,(H,18,22). The van der Waals surface area contributed by atoms with Crippen LogP contribution in [0.25, 0.3) is 0 Å². The van der Waals surface area contributed by atoms with Crippen LogP contribution < -0.4 is 5.32 Å². The van der Waals surface area contributed by atoms with Crippen LogP contribution in [-0.4, -0.2) is 65.5 Å². The molecule has 0 radical (unpaired) electrons. The summed E-state index contributed by atoms with van der Waals surface area (Å²) in [5.41, 5.74) is 0.212. The maximum absolute atomic E-state index is 12.5. The van der Waals surface area contributed by atoms with Gasteiger partial charge in [-0.25, -0.2) is 0 Å². The van der Waals surface area contributed by atoms with Gasteiger partial charge in [0.2, 0.25) is 5.91 Å². The number of halogens is 1. The summed E-state index contributed by atoms with van der Waals surface area (Å²) in [4.78, 5) is 27.9. The summed E-state index contributed by atoms with van der Waals surface area (Å²) in [5.74, 6) is -0.318. The van der Waals surface area contributed by atoms with Gasteiger partial charge in [-0.3, -0.25) is 14.5 Å².